The molecular weight excluding hydrogens is 534 g/mol. The van der Waals surface area contributed by atoms with Gasteiger partial charge in [-0.3, -0.25) is 24.1 Å². The van der Waals surface area contributed by atoms with E-state index in [1.54, 1.807) is 50.2 Å². The fourth-order valence-corrected chi connectivity index (χ4v) is 6.73. The standard InChI is InChI=1S/C30H24BrNO5/c1-14-11-16(3-10-23(14)33)25-19-8-9-20-26(21(19)13-22-27(25)24(34)12-15(2)28(22)35)30(37)32(29(20)36)18-6-4-17(31)5-7-18/h3-8,10-12,20-21,25-26,33H,9,13H2,1-2H3/t20-,21+,25-,26-/m0/s1. The lowest BCUT2D eigenvalue weighted by Crippen LogP contribution is -2.39. The molecule has 37 heavy (non-hydrogen) atoms. The maximum absolute atomic E-state index is 13.9. The van der Waals surface area contributed by atoms with Gasteiger partial charge in [-0.05, 0) is 80.1 Å². The molecule has 1 heterocycles. The fraction of sp³-hybridized carbons (Fsp3) is 0.267. The molecule has 6 rings (SSSR count). The number of carbonyl (C=O) groups excluding carboxylic acids is 4. The Kier molecular flexibility index (Phi) is 5.46. The second kappa shape index (κ2) is 8.48. The van der Waals surface area contributed by atoms with E-state index in [0.29, 0.717) is 34.4 Å². The summed E-state index contributed by atoms with van der Waals surface area (Å²) in [6, 6.07) is 12.3. The number of imide groups is 1. The van der Waals surface area contributed by atoms with Crippen LogP contribution < -0.4 is 4.90 Å². The summed E-state index contributed by atoms with van der Waals surface area (Å²) in [6.07, 6.45) is 4.04. The number of aryl methyl sites for hydroxylation is 1. The van der Waals surface area contributed by atoms with Crippen LogP contribution in [-0.4, -0.2) is 28.5 Å². The normalized spacial score (nSPS) is 27.1. The minimum atomic E-state index is -0.611. The summed E-state index contributed by atoms with van der Waals surface area (Å²) < 4.78 is 0.847. The van der Waals surface area contributed by atoms with Crippen LogP contribution in [0.25, 0.3) is 0 Å². The second-order valence-electron chi connectivity index (χ2n) is 10.3. The van der Waals surface area contributed by atoms with Gasteiger partial charge >= 0.3 is 0 Å². The molecule has 2 amide bonds. The van der Waals surface area contributed by atoms with Gasteiger partial charge in [-0.25, -0.2) is 0 Å². The number of ketones is 2. The van der Waals surface area contributed by atoms with E-state index < -0.39 is 17.8 Å². The predicted molar refractivity (Wildman–Crippen MR) is 141 cm³/mol. The summed E-state index contributed by atoms with van der Waals surface area (Å²) >= 11 is 3.40. The first-order valence-corrected chi connectivity index (χ1v) is 13.1. The number of benzene rings is 2. The summed E-state index contributed by atoms with van der Waals surface area (Å²) in [6.45, 7) is 3.42. The van der Waals surface area contributed by atoms with Crippen molar-refractivity contribution in [1.82, 2.24) is 0 Å². The van der Waals surface area contributed by atoms with E-state index in [9.17, 15) is 24.3 Å². The molecule has 0 unspecified atom stereocenters. The number of amides is 2. The largest absolute Gasteiger partial charge is 0.508 e. The number of phenolic OH excluding ortho intramolecular Hbond substituents is 1. The molecule has 0 saturated carbocycles. The van der Waals surface area contributed by atoms with Crippen LogP contribution in [0.15, 0.2) is 81.4 Å². The third-order valence-corrected chi connectivity index (χ3v) is 8.73. The van der Waals surface area contributed by atoms with Gasteiger partial charge in [-0.1, -0.05) is 39.7 Å². The molecule has 7 heteroatoms. The van der Waals surface area contributed by atoms with Gasteiger partial charge in [0.05, 0.1) is 17.5 Å². The number of carbonyl (C=O) groups is 4. The van der Waals surface area contributed by atoms with Crippen molar-refractivity contribution in [2.75, 3.05) is 4.90 Å². The number of nitrogens with zero attached hydrogens (tertiary/aromatic N) is 1. The van der Waals surface area contributed by atoms with E-state index in [-0.39, 0.29) is 41.5 Å². The lowest BCUT2D eigenvalue weighted by Gasteiger charge is -2.42. The van der Waals surface area contributed by atoms with Crippen molar-refractivity contribution in [1.29, 1.82) is 0 Å². The molecule has 0 bridgehead atoms. The fourth-order valence-electron chi connectivity index (χ4n) is 6.46. The lowest BCUT2D eigenvalue weighted by atomic mass is 9.59. The second-order valence-corrected chi connectivity index (χ2v) is 11.2. The van der Waals surface area contributed by atoms with E-state index in [0.717, 1.165) is 15.6 Å². The molecule has 186 valence electrons. The van der Waals surface area contributed by atoms with Crippen LogP contribution in [0.4, 0.5) is 5.69 Å². The Morgan fingerprint density at radius 2 is 1.68 bits per heavy atom. The number of rotatable bonds is 2. The first kappa shape index (κ1) is 23.8. The third kappa shape index (κ3) is 3.51. The molecule has 0 spiro atoms. The van der Waals surface area contributed by atoms with Gasteiger partial charge in [-0.2, -0.15) is 0 Å². The SMILES string of the molecule is CC1=CC(=O)C2=C(C[C@@H]3C(=CC[C@@H]4C(=O)N(c5ccc(Br)cc5)C(=O)[C@@H]43)[C@@H]2c2ccc(O)c(C)c2)C1=O. The van der Waals surface area contributed by atoms with Gasteiger partial charge in [0.2, 0.25) is 11.8 Å². The molecule has 2 aromatic rings. The highest BCUT2D eigenvalue weighted by molar-refractivity contribution is 9.10. The highest BCUT2D eigenvalue weighted by atomic mass is 79.9. The molecule has 4 aliphatic rings. The number of allylic oxidation sites excluding steroid dienone is 6. The molecule has 6 nitrogen and oxygen atoms in total. The lowest BCUT2D eigenvalue weighted by molar-refractivity contribution is -0.123. The van der Waals surface area contributed by atoms with Crippen molar-refractivity contribution >= 4 is 45.0 Å². The third-order valence-electron chi connectivity index (χ3n) is 8.20. The van der Waals surface area contributed by atoms with Crippen molar-refractivity contribution in [2.24, 2.45) is 17.8 Å². The Balaban J connectivity index is 1.49. The summed E-state index contributed by atoms with van der Waals surface area (Å²) in [4.78, 5) is 55.3. The zero-order valence-corrected chi connectivity index (χ0v) is 21.9. The van der Waals surface area contributed by atoms with Crippen LogP contribution in [0.5, 0.6) is 5.75 Å². The summed E-state index contributed by atoms with van der Waals surface area (Å²) in [7, 11) is 0. The maximum Gasteiger partial charge on any atom is 0.238 e. The van der Waals surface area contributed by atoms with E-state index in [2.05, 4.69) is 15.9 Å². The topological polar surface area (TPSA) is 91.8 Å². The van der Waals surface area contributed by atoms with Gasteiger partial charge in [-0.15, -0.1) is 0 Å². The van der Waals surface area contributed by atoms with Crippen molar-refractivity contribution in [3.05, 3.63) is 92.5 Å². The van der Waals surface area contributed by atoms with Gasteiger partial charge in [0.25, 0.3) is 0 Å². The van der Waals surface area contributed by atoms with Gasteiger partial charge in [0.1, 0.15) is 5.75 Å². The highest BCUT2D eigenvalue weighted by Gasteiger charge is 2.56. The van der Waals surface area contributed by atoms with Crippen LogP contribution in [0, 0.1) is 24.7 Å². The average Bonchev–Trinajstić information content (AvgIpc) is 3.13. The molecule has 3 aliphatic carbocycles. The number of phenols is 1. The molecule has 4 atom stereocenters. The van der Waals surface area contributed by atoms with Crippen molar-refractivity contribution < 1.29 is 24.3 Å². The van der Waals surface area contributed by atoms with Crippen LogP contribution >= 0.6 is 15.9 Å². The summed E-state index contributed by atoms with van der Waals surface area (Å²) in [5.74, 6) is -2.75. The Hall–Kier alpha value is -3.58. The Morgan fingerprint density at radius 3 is 2.38 bits per heavy atom. The molecule has 1 fully saturated rings. The summed E-state index contributed by atoms with van der Waals surface area (Å²) in [5.41, 5.74) is 4.14. The number of hydrogen-bond acceptors (Lipinski definition) is 5. The molecule has 0 aromatic heterocycles. The van der Waals surface area contributed by atoms with Crippen LogP contribution in [0.1, 0.15) is 36.8 Å². The van der Waals surface area contributed by atoms with Gasteiger partial charge < -0.3 is 5.11 Å². The minimum absolute atomic E-state index is 0.145. The molecule has 1 N–H and O–H groups in total. The van der Waals surface area contributed by atoms with E-state index in [1.165, 1.54) is 11.0 Å². The number of aromatic hydroxyl groups is 1. The number of halogens is 1. The Morgan fingerprint density at radius 1 is 0.946 bits per heavy atom. The number of fused-ring (bicyclic) bond motifs is 3. The van der Waals surface area contributed by atoms with E-state index in [4.69, 9.17) is 0 Å². The average molecular weight is 558 g/mol. The van der Waals surface area contributed by atoms with E-state index >= 15 is 0 Å². The number of anilines is 1. The molecule has 2 aromatic carbocycles. The minimum Gasteiger partial charge on any atom is -0.508 e. The monoisotopic (exact) mass is 557 g/mol. The van der Waals surface area contributed by atoms with Crippen molar-refractivity contribution in [3.63, 3.8) is 0 Å². The van der Waals surface area contributed by atoms with Crippen molar-refractivity contribution in [2.45, 2.75) is 32.6 Å². The highest BCUT2D eigenvalue weighted by Crippen LogP contribution is 2.55. The quantitative estimate of drug-likeness (QED) is 0.315. The molecule has 0 radical (unpaired) electrons. The van der Waals surface area contributed by atoms with E-state index in [1.807, 2.05) is 12.1 Å². The maximum atomic E-state index is 13.9. The number of hydrogen-bond donors (Lipinski definition) is 1. The molecular formula is C30H24BrNO5. The Bertz CT molecular complexity index is 1510. The first-order valence-electron chi connectivity index (χ1n) is 12.3. The predicted octanol–water partition coefficient (Wildman–Crippen LogP) is 5.10. The van der Waals surface area contributed by atoms with Gasteiger partial charge in [0, 0.05) is 27.1 Å². The Labute approximate surface area is 222 Å². The van der Waals surface area contributed by atoms with Crippen LogP contribution in [0.3, 0.4) is 0 Å². The van der Waals surface area contributed by atoms with Crippen LogP contribution in [-0.2, 0) is 19.2 Å². The van der Waals surface area contributed by atoms with Crippen LogP contribution in [0.2, 0.25) is 0 Å². The molecule has 1 saturated heterocycles. The number of Topliss-reactive ketones (excluding diaryl/α,β-unsaturated/α-hetero) is 1. The zero-order chi connectivity index (χ0) is 26.2. The zero-order valence-electron chi connectivity index (χ0n) is 20.3. The van der Waals surface area contributed by atoms with Gasteiger partial charge in [0.15, 0.2) is 11.6 Å². The first-order chi connectivity index (χ1) is 17.7. The molecule has 1 aliphatic heterocycles. The van der Waals surface area contributed by atoms with Crippen molar-refractivity contribution in [3.8, 4) is 5.75 Å². The summed E-state index contributed by atoms with van der Waals surface area (Å²) in [5, 5.41) is 10.1. The smallest absolute Gasteiger partial charge is 0.238 e.